The van der Waals surface area contributed by atoms with Gasteiger partial charge in [0.1, 0.15) is 0 Å². The Labute approximate surface area is 84.4 Å². The molecule has 0 amide bonds. The third-order valence-corrected chi connectivity index (χ3v) is 3.54. The quantitative estimate of drug-likeness (QED) is 0.830. The van der Waals surface area contributed by atoms with Crippen molar-refractivity contribution < 1.29 is 8.42 Å². The average Bonchev–Trinajstić information content (AvgIpc) is 2.02. The van der Waals surface area contributed by atoms with Crippen LogP contribution in [0.2, 0.25) is 0 Å². The molecule has 0 aliphatic carbocycles. The van der Waals surface area contributed by atoms with Crippen LogP contribution in [-0.4, -0.2) is 18.7 Å². The molecule has 14 heavy (non-hydrogen) atoms. The number of anilines is 1. The van der Waals surface area contributed by atoms with Gasteiger partial charge in [0.05, 0.1) is 10.9 Å². The number of nitrogens with one attached hydrogen (secondary N) is 1. The summed E-state index contributed by atoms with van der Waals surface area (Å²) in [6.45, 7) is 5.08. The molecular weight excluding hydrogens is 200 g/mol. The first-order valence-corrected chi connectivity index (χ1v) is 5.91. The predicted molar refractivity (Wildman–Crippen MR) is 56.7 cm³/mol. The van der Waals surface area contributed by atoms with Crippen molar-refractivity contribution in [2.45, 2.75) is 26.0 Å². The van der Waals surface area contributed by atoms with Crippen LogP contribution in [0.1, 0.15) is 19.5 Å². The highest BCUT2D eigenvalue weighted by molar-refractivity contribution is 7.93. The Balaban J connectivity index is 2.90. The molecule has 5 heteroatoms. The fourth-order valence-corrected chi connectivity index (χ4v) is 1.58. The second-order valence-corrected chi connectivity index (χ2v) is 5.62. The smallest absolute Gasteiger partial charge is 0.235 e. The largest absolute Gasteiger partial charge is 0.283 e. The number of hydrogen-bond donors (Lipinski definition) is 1. The summed E-state index contributed by atoms with van der Waals surface area (Å²) in [7, 11) is -3.25. The van der Waals surface area contributed by atoms with Crippen LogP contribution >= 0.6 is 0 Å². The number of rotatable bonds is 3. The third-order valence-electron chi connectivity index (χ3n) is 1.78. The Morgan fingerprint density at radius 2 is 2.07 bits per heavy atom. The van der Waals surface area contributed by atoms with Crippen LogP contribution in [0.25, 0.3) is 0 Å². The van der Waals surface area contributed by atoms with Crippen molar-refractivity contribution in [3.63, 3.8) is 0 Å². The van der Waals surface area contributed by atoms with Crippen molar-refractivity contribution in [1.82, 2.24) is 4.98 Å². The van der Waals surface area contributed by atoms with Crippen molar-refractivity contribution >= 4 is 15.7 Å². The van der Waals surface area contributed by atoms with E-state index >= 15 is 0 Å². The molecule has 0 fully saturated rings. The zero-order valence-electron chi connectivity index (χ0n) is 8.48. The van der Waals surface area contributed by atoms with Gasteiger partial charge in [0.15, 0.2) is 0 Å². The summed E-state index contributed by atoms with van der Waals surface area (Å²) in [6.07, 6.45) is 1.58. The molecule has 0 aliphatic heterocycles. The van der Waals surface area contributed by atoms with E-state index in [0.29, 0.717) is 5.69 Å². The summed E-state index contributed by atoms with van der Waals surface area (Å²) in [6, 6.07) is 3.33. The average molecular weight is 214 g/mol. The molecule has 4 nitrogen and oxygen atoms in total. The van der Waals surface area contributed by atoms with Gasteiger partial charge in [-0.3, -0.25) is 9.71 Å². The molecule has 1 aromatic rings. The number of hydrogen-bond acceptors (Lipinski definition) is 3. The number of pyridine rings is 1. The van der Waals surface area contributed by atoms with Gasteiger partial charge in [0, 0.05) is 11.9 Å². The minimum absolute atomic E-state index is 0.434. The van der Waals surface area contributed by atoms with E-state index in [2.05, 4.69) is 9.71 Å². The highest BCUT2D eigenvalue weighted by atomic mass is 32.2. The van der Waals surface area contributed by atoms with Crippen LogP contribution in [0.15, 0.2) is 18.3 Å². The highest BCUT2D eigenvalue weighted by Gasteiger charge is 2.15. The Bertz CT molecular complexity index is 413. The second kappa shape index (κ2) is 3.96. The summed E-state index contributed by atoms with van der Waals surface area (Å²) in [5.74, 6) is 0. The van der Waals surface area contributed by atoms with E-state index in [9.17, 15) is 8.42 Å². The van der Waals surface area contributed by atoms with Crippen molar-refractivity contribution in [3.05, 3.63) is 24.0 Å². The molecule has 0 saturated heterocycles. The van der Waals surface area contributed by atoms with Gasteiger partial charge < -0.3 is 0 Å². The molecule has 0 saturated carbocycles. The van der Waals surface area contributed by atoms with E-state index in [-0.39, 0.29) is 0 Å². The lowest BCUT2D eigenvalue weighted by atomic mass is 10.3. The third kappa shape index (κ3) is 2.70. The van der Waals surface area contributed by atoms with Gasteiger partial charge in [-0.25, -0.2) is 8.42 Å². The van der Waals surface area contributed by atoms with Gasteiger partial charge in [-0.2, -0.15) is 0 Å². The van der Waals surface area contributed by atoms with E-state index in [4.69, 9.17) is 0 Å². The maximum absolute atomic E-state index is 11.5. The topological polar surface area (TPSA) is 59.1 Å². The van der Waals surface area contributed by atoms with Gasteiger partial charge in [0.25, 0.3) is 0 Å². The minimum atomic E-state index is -3.25. The van der Waals surface area contributed by atoms with Crippen molar-refractivity contribution in [2.24, 2.45) is 0 Å². The van der Waals surface area contributed by atoms with Crippen LogP contribution in [-0.2, 0) is 10.0 Å². The molecule has 1 aromatic heterocycles. The maximum Gasteiger partial charge on any atom is 0.235 e. The van der Waals surface area contributed by atoms with E-state index in [1.807, 2.05) is 6.92 Å². The van der Waals surface area contributed by atoms with Gasteiger partial charge in [-0.1, -0.05) is 0 Å². The summed E-state index contributed by atoms with van der Waals surface area (Å²) in [5.41, 5.74) is 1.35. The van der Waals surface area contributed by atoms with Crippen LogP contribution in [0.5, 0.6) is 0 Å². The van der Waals surface area contributed by atoms with Gasteiger partial charge in [0.2, 0.25) is 10.0 Å². The number of sulfonamides is 1. The highest BCUT2D eigenvalue weighted by Crippen LogP contribution is 2.11. The molecule has 1 N–H and O–H groups in total. The Morgan fingerprint density at radius 1 is 1.43 bits per heavy atom. The molecule has 78 valence electrons. The number of aryl methyl sites for hydroxylation is 1. The maximum atomic E-state index is 11.5. The second-order valence-electron chi connectivity index (χ2n) is 3.38. The minimum Gasteiger partial charge on any atom is -0.283 e. The Morgan fingerprint density at radius 3 is 2.57 bits per heavy atom. The Kier molecular flexibility index (Phi) is 3.10. The summed E-state index contributed by atoms with van der Waals surface area (Å²) in [5, 5.41) is -0.434. The lowest BCUT2D eigenvalue weighted by Gasteiger charge is -2.10. The van der Waals surface area contributed by atoms with E-state index in [1.54, 1.807) is 32.2 Å². The molecule has 0 aliphatic rings. The van der Waals surface area contributed by atoms with Crippen molar-refractivity contribution in [3.8, 4) is 0 Å². The predicted octanol–water partition coefficient (Wildman–Crippen LogP) is 1.54. The molecule has 1 heterocycles. The first kappa shape index (κ1) is 11.0. The van der Waals surface area contributed by atoms with Gasteiger partial charge >= 0.3 is 0 Å². The molecule has 0 atom stereocenters. The number of aromatic nitrogens is 1. The zero-order chi connectivity index (χ0) is 10.8. The van der Waals surface area contributed by atoms with Crippen LogP contribution in [0, 0.1) is 6.92 Å². The first-order valence-electron chi connectivity index (χ1n) is 4.36. The fraction of sp³-hybridized carbons (Fsp3) is 0.444. The van der Waals surface area contributed by atoms with Gasteiger partial charge in [-0.05, 0) is 32.9 Å². The lowest BCUT2D eigenvalue weighted by molar-refractivity contribution is 0.593. The SMILES string of the molecule is Cc1cc(NS(=O)(=O)C(C)C)ccn1. The van der Waals surface area contributed by atoms with Crippen LogP contribution in [0.3, 0.4) is 0 Å². The van der Waals surface area contributed by atoms with Crippen molar-refractivity contribution in [1.29, 1.82) is 0 Å². The van der Waals surface area contributed by atoms with E-state index in [0.717, 1.165) is 5.69 Å². The molecular formula is C9H14N2O2S. The van der Waals surface area contributed by atoms with Gasteiger partial charge in [-0.15, -0.1) is 0 Å². The fourth-order valence-electron chi connectivity index (χ4n) is 0.891. The molecule has 0 spiro atoms. The molecule has 0 unspecified atom stereocenters. The molecule has 0 radical (unpaired) electrons. The molecule has 1 rings (SSSR count). The molecule has 0 bridgehead atoms. The molecule has 0 aromatic carbocycles. The van der Waals surface area contributed by atoms with E-state index in [1.165, 1.54) is 0 Å². The van der Waals surface area contributed by atoms with E-state index < -0.39 is 15.3 Å². The summed E-state index contributed by atoms with van der Waals surface area (Å²) >= 11 is 0. The van der Waals surface area contributed by atoms with Crippen LogP contribution < -0.4 is 4.72 Å². The monoisotopic (exact) mass is 214 g/mol. The van der Waals surface area contributed by atoms with Crippen LogP contribution in [0.4, 0.5) is 5.69 Å². The lowest BCUT2D eigenvalue weighted by Crippen LogP contribution is -2.22. The Hall–Kier alpha value is -1.10. The number of nitrogens with zero attached hydrogens (tertiary/aromatic N) is 1. The van der Waals surface area contributed by atoms with Crippen molar-refractivity contribution in [2.75, 3.05) is 4.72 Å². The summed E-state index contributed by atoms with van der Waals surface area (Å²) < 4.78 is 25.4. The normalized spacial score (nSPS) is 11.7. The first-order chi connectivity index (χ1) is 6.42. The standard InChI is InChI=1S/C9H14N2O2S/c1-7(2)14(12,13)11-9-4-5-10-8(3)6-9/h4-7H,1-3H3,(H,10,11). The zero-order valence-corrected chi connectivity index (χ0v) is 9.30. The summed E-state index contributed by atoms with van der Waals surface area (Å²) in [4.78, 5) is 3.98.